The quantitative estimate of drug-likeness (QED) is 0.306. The van der Waals surface area contributed by atoms with Crippen molar-refractivity contribution in [1.29, 1.82) is 0 Å². The predicted octanol–water partition coefficient (Wildman–Crippen LogP) is 1.79. The molecule has 0 rings (SSSR count). The maximum atomic E-state index is 3.85. The Morgan fingerprint density at radius 2 is 2.25 bits per heavy atom. The van der Waals surface area contributed by atoms with Crippen molar-refractivity contribution in [2.45, 2.75) is 0 Å². The van der Waals surface area contributed by atoms with E-state index in [2.05, 4.69) is 18.3 Å². The van der Waals surface area contributed by atoms with Crippen molar-refractivity contribution < 1.29 is 0 Å². The first-order chi connectivity index (χ1) is 1.91. The Hall–Kier alpha value is 1.13. The zero-order chi connectivity index (χ0) is 3.41. The third kappa shape index (κ3) is 3.13. The third-order valence-corrected chi connectivity index (χ3v) is 2.46. The standard InChI is InChI=1S/CH5PS2/c1-2-4-3/h2-3H,1H3. The van der Waals surface area contributed by atoms with Gasteiger partial charge in [-0.25, -0.2) is 0 Å². The number of hydrogen-bond donors (Lipinski definition) is 1. The molecule has 0 fully saturated rings. The minimum absolute atomic E-state index is 0.921. The van der Waals surface area contributed by atoms with Gasteiger partial charge in [0.25, 0.3) is 0 Å². The molecule has 0 aliphatic rings. The number of rotatable bonds is 1. The molecule has 0 spiro atoms. The van der Waals surface area contributed by atoms with Crippen molar-refractivity contribution >= 4 is 29.9 Å². The molecule has 1 unspecified atom stereocenters. The SMILES string of the molecule is CPSS. The van der Waals surface area contributed by atoms with Crippen LogP contribution < -0.4 is 0 Å². The van der Waals surface area contributed by atoms with E-state index < -0.39 is 0 Å². The van der Waals surface area contributed by atoms with Gasteiger partial charge in [0.2, 0.25) is 0 Å². The second-order valence-corrected chi connectivity index (χ2v) is 4.30. The normalized spacial score (nSPS) is 10.5. The van der Waals surface area contributed by atoms with Crippen LogP contribution in [0.3, 0.4) is 0 Å². The Bertz CT molecular complexity index is 8.00. The summed E-state index contributed by atoms with van der Waals surface area (Å²) >= 11 is 3.85. The average molecular weight is 112 g/mol. The fourth-order valence-electron chi connectivity index (χ4n) is 0. The maximum Gasteiger partial charge on any atom is -0.0371 e. The second kappa shape index (κ2) is 4.13. The van der Waals surface area contributed by atoms with Crippen molar-refractivity contribution in [1.82, 2.24) is 0 Å². The molecule has 0 saturated heterocycles. The Labute approximate surface area is 37.1 Å². The van der Waals surface area contributed by atoms with Gasteiger partial charge < -0.3 is 0 Å². The Balaban J connectivity index is 1.97. The van der Waals surface area contributed by atoms with Crippen LogP contribution in [-0.4, -0.2) is 6.66 Å². The smallest absolute Gasteiger partial charge is 0.0371 e. The third-order valence-electron chi connectivity index (χ3n) is 0.0913. The highest BCUT2D eigenvalue weighted by Gasteiger charge is 1.55. The molecule has 0 nitrogen and oxygen atoms in total. The molecule has 0 aromatic heterocycles. The molecule has 3 heteroatoms. The van der Waals surface area contributed by atoms with Crippen LogP contribution in [0.4, 0.5) is 0 Å². The Kier molecular flexibility index (Phi) is 5.30. The van der Waals surface area contributed by atoms with Crippen LogP contribution in [0, 0.1) is 0 Å². The molecule has 4 heavy (non-hydrogen) atoms. The number of hydrogen-bond acceptors (Lipinski definition) is 2. The molecular weight excluding hydrogens is 107 g/mol. The zero-order valence-corrected chi connectivity index (χ0v) is 5.07. The van der Waals surface area contributed by atoms with E-state index in [1.807, 2.05) is 0 Å². The second-order valence-electron chi connectivity index (χ2n) is 0.295. The van der Waals surface area contributed by atoms with E-state index in [9.17, 15) is 0 Å². The van der Waals surface area contributed by atoms with E-state index in [0.29, 0.717) is 0 Å². The minimum Gasteiger partial charge on any atom is -0.107 e. The van der Waals surface area contributed by atoms with E-state index in [1.165, 1.54) is 0 Å². The molecule has 0 bridgehead atoms. The molecule has 0 aliphatic carbocycles. The van der Waals surface area contributed by atoms with Gasteiger partial charge in [-0.05, 0) is 6.66 Å². The summed E-state index contributed by atoms with van der Waals surface area (Å²) in [6.45, 7) is 2.09. The lowest BCUT2D eigenvalue weighted by Crippen LogP contribution is -1.10. The van der Waals surface area contributed by atoms with Crippen LogP contribution in [0.2, 0.25) is 0 Å². The lowest BCUT2D eigenvalue weighted by atomic mass is 12.0. The summed E-state index contributed by atoms with van der Waals surface area (Å²) in [5.41, 5.74) is 0. The van der Waals surface area contributed by atoms with Gasteiger partial charge in [-0.3, -0.25) is 0 Å². The lowest BCUT2D eigenvalue weighted by molar-refractivity contribution is 2.51. The van der Waals surface area contributed by atoms with Gasteiger partial charge in [-0.2, -0.15) is 0 Å². The molecular formula is CH5PS2. The first-order valence-corrected chi connectivity index (χ1v) is 4.98. The molecule has 0 radical (unpaired) electrons. The molecule has 0 saturated carbocycles. The molecule has 0 aromatic carbocycles. The average Bonchev–Trinajstić information content (AvgIpc) is 1.37. The van der Waals surface area contributed by atoms with Crippen molar-refractivity contribution in [2.24, 2.45) is 0 Å². The molecule has 0 amide bonds. The zero-order valence-electron chi connectivity index (χ0n) is 2.36. The first kappa shape index (κ1) is 5.13. The minimum atomic E-state index is 0.921. The molecule has 0 aliphatic heterocycles. The summed E-state index contributed by atoms with van der Waals surface area (Å²) < 4.78 is 0. The van der Waals surface area contributed by atoms with Crippen LogP contribution in [0.5, 0.6) is 0 Å². The van der Waals surface area contributed by atoms with Crippen molar-refractivity contribution in [3.8, 4) is 0 Å². The van der Waals surface area contributed by atoms with Gasteiger partial charge in [0, 0.05) is 0 Å². The van der Waals surface area contributed by atoms with E-state index in [4.69, 9.17) is 0 Å². The predicted molar refractivity (Wildman–Crippen MR) is 30.8 cm³/mol. The van der Waals surface area contributed by atoms with E-state index in [-0.39, 0.29) is 0 Å². The fraction of sp³-hybridized carbons (Fsp3) is 1.00. The van der Waals surface area contributed by atoms with Gasteiger partial charge in [0.15, 0.2) is 0 Å². The van der Waals surface area contributed by atoms with Crippen LogP contribution in [-0.2, 0) is 0 Å². The molecule has 0 N–H and O–H groups in total. The molecule has 1 atom stereocenters. The van der Waals surface area contributed by atoms with Gasteiger partial charge in [0.1, 0.15) is 0 Å². The molecule has 0 heterocycles. The van der Waals surface area contributed by atoms with Gasteiger partial charge in [0.05, 0.1) is 0 Å². The van der Waals surface area contributed by atoms with Crippen molar-refractivity contribution in [3.05, 3.63) is 0 Å². The van der Waals surface area contributed by atoms with Crippen LogP contribution >= 0.6 is 29.9 Å². The molecule has 0 aromatic rings. The van der Waals surface area contributed by atoms with Gasteiger partial charge >= 0.3 is 0 Å². The summed E-state index contributed by atoms with van der Waals surface area (Å²) in [4.78, 5) is 0. The Morgan fingerprint density at radius 1 is 2.00 bits per heavy atom. The fourth-order valence-corrected chi connectivity index (χ4v) is 0. The summed E-state index contributed by atoms with van der Waals surface area (Å²) in [5.74, 6) is 0. The van der Waals surface area contributed by atoms with Crippen LogP contribution in [0.15, 0.2) is 0 Å². The number of thiol groups is 1. The summed E-state index contributed by atoms with van der Waals surface area (Å²) in [6.07, 6.45) is 0. The van der Waals surface area contributed by atoms with E-state index >= 15 is 0 Å². The highest BCUT2D eigenvalue weighted by Crippen LogP contribution is 2.27. The summed E-state index contributed by atoms with van der Waals surface area (Å²) in [5, 5.41) is 0. The van der Waals surface area contributed by atoms with Gasteiger partial charge in [-0.15, -0.1) is 11.7 Å². The first-order valence-electron chi connectivity index (χ1n) is 0.887. The summed E-state index contributed by atoms with van der Waals surface area (Å²) in [7, 11) is 2.50. The van der Waals surface area contributed by atoms with Crippen molar-refractivity contribution in [3.63, 3.8) is 0 Å². The van der Waals surface area contributed by atoms with Crippen molar-refractivity contribution in [2.75, 3.05) is 6.66 Å². The van der Waals surface area contributed by atoms with Crippen LogP contribution in [0.1, 0.15) is 0 Å². The topological polar surface area (TPSA) is 0 Å². The Morgan fingerprint density at radius 3 is 2.25 bits per heavy atom. The largest absolute Gasteiger partial charge is 0.107 e. The highest BCUT2D eigenvalue weighted by molar-refractivity contribution is 8.90. The maximum absolute atomic E-state index is 3.85. The monoisotopic (exact) mass is 112 g/mol. The highest BCUT2D eigenvalue weighted by atomic mass is 33.3. The van der Waals surface area contributed by atoms with Crippen LogP contribution in [0.25, 0.3) is 0 Å². The van der Waals surface area contributed by atoms with E-state index in [0.717, 1.165) is 7.78 Å². The van der Waals surface area contributed by atoms with Gasteiger partial charge in [-0.1, -0.05) is 18.2 Å². The van der Waals surface area contributed by atoms with E-state index in [1.54, 1.807) is 10.4 Å². The summed E-state index contributed by atoms with van der Waals surface area (Å²) in [6, 6.07) is 0. The lowest BCUT2D eigenvalue weighted by Gasteiger charge is -1.68. The molecule has 26 valence electrons.